The van der Waals surface area contributed by atoms with Crippen LogP contribution in [0.5, 0.6) is 0 Å². The van der Waals surface area contributed by atoms with Crippen LogP contribution in [0.25, 0.3) is 5.78 Å². The first-order valence-electron chi connectivity index (χ1n) is 8.40. The molecule has 5 nitrogen and oxygen atoms in total. The maximum atomic E-state index is 9.96. The topological polar surface area (TPSA) is 53.7 Å². The van der Waals surface area contributed by atoms with E-state index >= 15 is 0 Å². The number of aryl methyl sites for hydroxylation is 2. The van der Waals surface area contributed by atoms with Crippen molar-refractivity contribution in [3.05, 3.63) is 64.7 Å². The number of fused-ring (bicyclic) bond motifs is 2. The van der Waals surface area contributed by atoms with Crippen LogP contribution in [0.3, 0.4) is 0 Å². The number of aliphatic hydroxyl groups is 1. The number of hydrogen-bond donors (Lipinski definition) is 1. The molecule has 1 aliphatic rings. The summed E-state index contributed by atoms with van der Waals surface area (Å²) in [4.78, 5) is 11.3. The quantitative estimate of drug-likeness (QED) is 0.805. The monoisotopic (exact) mass is 322 g/mol. The largest absolute Gasteiger partial charge is 0.394 e. The molecule has 24 heavy (non-hydrogen) atoms. The minimum atomic E-state index is 0.0409. The second kappa shape index (κ2) is 6.00. The molecule has 1 aliphatic heterocycles. The van der Waals surface area contributed by atoms with Gasteiger partial charge in [0.15, 0.2) is 0 Å². The maximum absolute atomic E-state index is 9.96. The standard InChI is InChI=1S/C19H22N4O/c1-13-9-14(2)23-16(10-20-19(23)21-13)11-22-8-7-15-5-3-4-6-17(15)18(22)12-24/h3-6,9-10,18,24H,7-8,11-12H2,1-2H3. The number of rotatable bonds is 3. The lowest BCUT2D eigenvalue weighted by Gasteiger charge is -2.36. The molecule has 0 bridgehead atoms. The van der Waals surface area contributed by atoms with Crippen molar-refractivity contribution in [2.45, 2.75) is 32.9 Å². The molecule has 0 saturated carbocycles. The third-order valence-corrected chi connectivity index (χ3v) is 4.92. The Kier molecular flexibility index (Phi) is 3.82. The molecule has 1 aromatic carbocycles. The van der Waals surface area contributed by atoms with Gasteiger partial charge in [0.1, 0.15) is 0 Å². The van der Waals surface area contributed by atoms with Gasteiger partial charge in [0, 0.05) is 24.5 Å². The Morgan fingerprint density at radius 1 is 1.25 bits per heavy atom. The number of aromatic nitrogens is 3. The van der Waals surface area contributed by atoms with Crippen LogP contribution in [0.15, 0.2) is 36.5 Å². The average Bonchev–Trinajstić information content (AvgIpc) is 2.97. The van der Waals surface area contributed by atoms with E-state index in [0.717, 1.165) is 42.4 Å². The fourth-order valence-electron chi connectivity index (χ4n) is 3.82. The average molecular weight is 322 g/mol. The van der Waals surface area contributed by atoms with Gasteiger partial charge in [0.2, 0.25) is 5.78 Å². The van der Waals surface area contributed by atoms with Gasteiger partial charge in [-0.1, -0.05) is 24.3 Å². The highest BCUT2D eigenvalue weighted by Gasteiger charge is 2.27. The van der Waals surface area contributed by atoms with E-state index in [2.05, 4.69) is 56.5 Å². The Bertz CT molecular complexity index is 886. The highest BCUT2D eigenvalue weighted by Crippen LogP contribution is 2.30. The molecule has 1 N–H and O–H groups in total. The number of hydrogen-bond acceptors (Lipinski definition) is 4. The van der Waals surface area contributed by atoms with Gasteiger partial charge in [0.25, 0.3) is 0 Å². The smallest absolute Gasteiger partial charge is 0.234 e. The first-order valence-corrected chi connectivity index (χ1v) is 8.40. The van der Waals surface area contributed by atoms with Gasteiger partial charge in [-0.15, -0.1) is 0 Å². The van der Waals surface area contributed by atoms with E-state index in [1.54, 1.807) is 0 Å². The fourth-order valence-corrected chi connectivity index (χ4v) is 3.82. The van der Waals surface area contributed by atoms with Crippen molar-refractivity contribution in [3.63, 3.8) is 0 Å². The summed E-state index contributed by atoms with van der Waals surface area (Å²) in [7, 11) is 0. The number of nitrogens with zero attached hydrogens (tertiary/aromatic N) is 4. The first kappa shape index (κ1) is 15.3. The van der Waals surface area contributed by atoms with Crippen LogP contribution in [0.2, 0.25) is 0 Å². The van der Waals surface area contributed by atoms with Gasteiger partial charge in [-0.2, -0.15) is 0 Å². The van der Waals surface area contributed by atoms with Gasteiger partial charge in [-0.3, -0.25) is 9.30 Å². The predicted octanol–water partition coefficient (Wildman–Crippen LogP) is 2.44. The van der Waals surface area contributed by atoms with Gasteiger partial charge >= 0.3 is 0 Å². The number of imidazole rings is 1. The zero-order valence-electron chi connectivity index (χ0n) is 14.1. The Morgan fingerprint density at radius 2 is 2.08 bits per heavy atom. The van der Waals surface area contributed by atoms with Crippen LogP contribution in [0, 0.1) is 13.8 Å². The lowest BCUT2D eigenvalue weighted by Crippen LogP contribution is -2.37. The van der Waals surface area contributed by atoms with Crippen molar-refractivity contribution in [1.82, 2.24) is 19.3 Å². The van der Waals surface area contributed by atoms with Gasteiger partial charge in [0.05, 0.1) is 24.5 Å². The normalized spacial score (nSPS) is 18.0. The van der Waals surface area contributed by atoms with Crippen molar-refractivity contribution in [1.29, 1.82) is 0 Å². The molecule has 0 amide bonds. The van der Waals surface area contributed by atoms with Crippen molar-refractivity contribution in [2.75, 3.05) is 13.2 Å². The summed E-state index contributed by atoms with van der Waals surface area (Å²) in [5.74, 6) is 0.750. The minimum Gasteiger partial charge on any atom is -0.394 e. The highest BCUT2D eigenvalue weighted by atomic mass is 16.3. The van der Waals surface area contributed by atoms with Crippen LogP contribution >= 0.6 is 0 Å². The van der Waals surface area contributed by atoms with E-state index in [0.29, 0.717) is 0 Å². The number of benzene rings is 1. The molecule has 1 atom stereocenters. The lowest BCUT2D eigenvalue weighted by atomic mass is 9.93. The zero-order valence-corrected chi connectivity index (χ0v) is 14.1. The third-order valence-electron chi connectivity index (χ3n) is 4.92. The van der Waals surface area contributed by atoms with Gasteiger partial charge in [-0.05, 0) is 37.5 Å². The van der Waals surface area contributed by atoms with Crippen LogP contribution in [0.1, 0.15) is 34.3 Å². The Labute approximate surface area is 141 Å². The van der Waals surface area contributed by atoms with E-state index in [9.17, 15) is 5.11 Å². The van der Waals surface area contributed by atoms with Crippen LogP contribution in [0.4, 0.5) is 0 Å². The summed E-state index contributed by atoms with van der Waals surface area (Å²) in [6.45, 7) is 5.90. The van der Waals surface area contributed by atoms with E-state index in [-0.39, 0.29) is 12.6 Å². The molecule has 0 spiro atoms. The molecule has 0 saturated heterocycles. The zero-order chi connectivity index (χ0) is 16.7. The minimum absolute atomic E-state index is 0.0409. The van der Waals surface area contributed by atoms with Crippen LogP contribution in [-0.4, -0.2) is 37.5 Å². The van der Waals surface area contributed by atoms with Crippen molar-refractivity contribution in [3.8, 4) is 0 Å². The molecule has 3 heterocycles. The molecule has 0 aliphatic carbocycles. The molecule has 124 valence electrons. The van der Waals surface area contributed by atoms with Crippen molar-refractivity contribution < 1.29 is 5.11 Å². The molecular formula is C19H22N4O. The van der Waals surface area contributed by atoms with E-state index in [1.807, 2.05) is 13.1 Å². The number of aliphatic hydroxyl groups excluding tert-OH is 1. The Balaban J connectivity index is 1.69. The summed E-state index contributed by atoms with van der Waals surface area (Å²) in [6.07, 6.45) is 2.92. The Morgan fingerprint density at radius 3 is 2.92 bits per heavy atom. The second-order valence-corrected chi connectivity index (χ2v) is 6.54. The third kappa shape index (κ3) is 2.50. The summed E-state index contributed by atoms with van der Waals surface area (Å²) in [6, 6.07) is 10.5. The lowest BCUT2D eigenvalue weighted by molar-refractivity contribution is 0.106. The SMILES string of the molecule is Cc1cc(C)n2c(CN3CCc4ccccc4C3CO)cnc2n1. The van der Waals surface area contributed by atoms with E-state index < -0.39 is 0 Å². The molecule has 4 rings (SSSR count). The molecule has 0 fully saturated rings. The van der Waals surface area contributed by atoms with Crippen molar-refractivity contribution in [2.24, 2.45) is 0 Å². The second-order valence-electron chi connectivity index (χ2n) is 6.54. The van der Waals surface area contributed by atoms with E-state index in [4.69, 9.17) is 0 Å². The van der Waals surface area contributed by atoms with Gasteiger partial charge < -0.3 is 5.11 Å². The van der Waals surface area contributed by atoms with Crippen LogP contribution < -0.4 is 0 Å². The molecule has 0 radical (unpaired) electrons. The molecule has 3 aromatic rings. The fraction of sp³-hybridized carbons (Fsp3) is 0.368. The molecule has 2 aromatic heterocycles. The summed E-state index contributed by atoms with van der Waals surface area (Å²) < 4.78 is 2.11. The maximum Gasteiger partial charge on any atom is 0.234 e. The molecule has 5 heteroatoms. The molecular weight excluding hydrogens is 300 g/mol. The summed E-state index contributed by atoms with van der Waals surface area (Å²) in [5.41, 5.74) is 5.83. The van der Waals surface area contributed by atoms with Crippen molar-refractivity contribution >= 4 is 5.78 Å². The first-order chi connectivity index (χ1) is 11.7. The predicted molar refractivity (Wildman–Crippen MR) is 92.8 cm³/mol. The van der Waals surface area contributed by atoms with Gasteiger partial charge in [-0.25, -0.2) is 9.97 Å². The van der Waals surface area contributed by atoms with Crippen LogP contribution in [-0.2, 0) is 13.0 Å². The highest BCUT2D eigenvalue weighted by molar-refractivity contribution is 5.36. The summed E-state index contributed by atoms with van der Waals surface area (Å²) >= 11 is 0. The van der Waals surface area contributed by atoms with E-state index in [1.165, 1.54) is 11.1 Å². The summed E-state index contributed by atoms with van der Waals surface area (Å²) in [5, 5.41) is 9.96. The molecule has 1 unspecified atom stereocenters. The Hall–Kier alpha value is -2.24.